The summed E-state index contributed by atoms with van der Waals surface area (Å²) in [6, 6.07) is 14.5. The second-order valence-corrected chi connectivity index (χ2v) is 5.57. The Labute approximate surface area is 120 Å². The topological polar surface area (TPSA) is 30.7 Å². The molecule has 96 valence electrons. The maximum Gasteiger partial charge on any atom is 0.0967 e. The Morgan fingerprint density at radius 1 is 1.16 bits per heavy atom. The lowest BCUT2D eigenvalue weighted by atomic mass is 10.1. The minimum Gasteiger partial charge on any atom is -0.220 e. The summed E-state index contributed by atoms with van der Waals surface area (Å²) in [5, 5.41) is 10.9. The normalized spacial score (nSPS) is 12.7. The fraction of sp³-hybridized carbons (Fsp3) is 0.200. The van der Waals surface area contributed by atoms with Crippen molar-refractivity contribution < 1.29 is 0 Å². The highest BCUT2D eigenvalue weighted by molar-refractivity contribution is 9.09. The van der Waals surface area contributed by atoms with Gasteiger partial charge >= 0.3 is 0 Å². The molecule has 0 radical (unpaired) electrons. The predicted molar refractivity (Wildman–Crippen MR) is 80.8 cm³/mol. The number of halogens is 1. The summed E-state index contributed by atoms with van der Waals surface area (Å²) in [4.78, 5) is 0.260. The van der Waals surface area contributed by atoms with E-state index in [2.05, 4.69) is 57.4 Å². The fourth-order valence-electron chi connectivity index (χ4n) is 2.16. The largest absolute Gasteiger partial charge is 0.220 e. The Bertz CT molecular complexity index is 700. The number of hydrogen-bond acceptors (Lipinski definition) is 2. The van der Waals surface area contributed by atoms with Gasteiger partial charge in [0.05, 0.1) is 22.4 Å². The third kappa shape index (κ3) is 2.28. The van der Waals surface area contributed by atoms with Crippen LogP contribution in [0, 0.1) is 0 Å². The predicted octanol–water partition coefficient (Wildman–Crippen LogP) is 4.27. The van der Waals surface area contributed by atoms with E-state index >= 15 is 0 Å². The van der Waals surface area contributed by atoms with E-state index in [1.54, 1.807) is 0 Å². The van der Waals surface area contributed by atoms with Crippen molar-refractivity contribution >= 4 is 26.7 Å². The Morgan fingerprint density at radius 3 is 2.79 bits per heavy atom. The van der Waals surface area contributed by atoms with Gasteiger partial charge in [-0.15, -0.1) is 5.10 Å². The summed E-state index contributed by atoms with van der Waals surface area (Å²) in [5.74, 6) is 0. The monoisotopic (exact) mass is 315 g/mol. The van der Waals surface area contributed by atoms with Crippen LogP contribution in [0.25, 0.3) is 16.5 Å². The summed E-state index contributed by atoms with van der Waals surface area (Å²) in [6.07, 6.45) is 2.99. The van der Waals surface area contributed by atoms with Crippen molar-refractivity contribution in [2.24, 2.45) is 0 Å². The molecule has 4 heteroatoms. The molecule has 0 spiro atoms. The molecule has 1 aromatic heterocycles. The van der Waals surface area contributed by atoms with E-state index in [0.717, 1.165) is 17.8 Å². The van der Waals surface area contributed by atoms with Crippen molar-refractivity contribution in [3.63, 3.8) is 0 Å². The van der Waals surface area contributed by atoms with Gasteiger partial charge in [0.25, 0.3) is 0 Å². The van der Waals surface area contributed by atoms with E-state index < -0.39 is 0 Å². The van der Waals surface area contributed by atoms with Crippen molar-refractivity contribution in [2.45, 2.75) is 18.2 Å². The molecule has 3 rings (SSSR count). The number of aromatic nitrogens is 3. The summed E-state index contributed by atoms with van der Waals surface area (Å²) < 4.78 is 1.85. The smallest absolute Gasteiger partial charge is 0.0967 e. The third-order valence-electron chi connectivity index (χ3n) is 3.20. The van der Waals surface area contributed by atoms with Gasteiger partial charge in [-0.2, -0.15) is 0 Å². The minimum absolute atomic E-state index is 0.260. The molecular formula is C15H14BrN3. The van der Waals surface area contributed by atoms with Crippen LogP contribution < -0.4 is 0 Å². The molecule has 3 nitrogen and oxygen atoms in total. The van der Waals surface area contributed by atoms with Crippen LogP contribution in [-0.2, 0) is 0 Å². The highest BCUT2D eigenvalue weighted by atomic mass is 79.9. The summed E-state index contributed by atoms with van der Waals surface area (Å²) >= 11 is 3.60. The van der Waals surface area contributed by atoms with E-state index in [1.165, 1.54) is 10.8 Å². The van der Waals surface area contributed by atoms with E-state index in [0.29, 0.717) is 0 Å². The van der Waals surface area contributed by atoms with Gasteiger partial charge in [0.15, 0.2) is 0 Å². The van der Waals surface area contributed by atoms with Crippen LogP contribution >= 0.6 is 15.9 Å². The molecule has 0 fully saturated rings. The first-order valence-corrected chi connectivity index (χ1v) is 7.25. The Balaban J connectivity index is 2.12. The van der Waals surface area contributed by atoms with Crippen molar-refractivity contribution in [1.82, 2.24) is 15.0 Å². The molecule has 0 aliphatic rings. The standard InChI is InChI=1S/C15H14BrN3/c1-2-13(16)14-10-19(18-17-14)15-9-5-7-11-6-3-4-8-12(11)15/h3-10,13H,2H2,1H3. The SMILES string of the molecule is CCC(Br)c1cn(-c2cccc3ccccc23)nn1. The van der Waals surface area contributed by atoms with E-state index in [4.69, 9.17) is 0 Å². The zero-order valence-electron chi connectivity index (χ0n) is 10.6. The van der Waals surface area contributed by atoms with Crippen LogP contribution in [0.2, 0.25) is 0 Å². The van der Waals surface area contributed by atoms with Crippen LogP contribution in [0.1, 0.15) is 23.9 Å². The lowest BCUT2D eigenvalue weighted by Gasteiger charge is -2.05. The summed E-state index contributed by atoms with van der Waals surface area (Å²) in [6.45, 7) is 2.12. The van der Waals surface area contributed by atoms with Gasteiger partial charge in [0, 0.05) is 5.39 Å². The highest BCUT2D eigenvalue weighted by Gasteiger charge is 2.11. The third-order valence-corrected chi connectivity index (χ3v) is 4.32. The number of rotatable bonds is 3. The molecule has 1 heterocycles. The molecule has 0 N–H and O–H groups in total. The van der Waals surface area contributed by atoms with Crippen molar-refractivity contribution in [3.8, 4) is 5.69 Å². The van der Waals surface area contributed by atoms with Crippen LogP contribution in [-0.4, -0.2) is 15.0 Å². The van der Waals surface area contributed by atoms with Crippen molar-refractivity contribution in [2.75, 3.05) is 0 Å². The quantitative estimate of drug-likeness (QED) is 0.676. The maximum atomic E-state index is 4.24. The first-order chi connectivity index (χ1) is 9.29. The second-order valence-electron chi connectivity index (χ2n) is 4.46. The highest BCUT2D eigenvalue weighted by Crippen LogP contribution is 2.26. The molecular weight excluding hydrogens is 302 g/mol. The molecule has 1 atom stereocenters. The summed E-state index contributed by atoms with van der Waals surface area (Å²) in [5.41, 5.74) is 2.03. The van der Waals surface area contributed by atoms with Crippen LogP contribution in [0.4, 0.5) is 0 Å². The molecule has 0 saturated heterocycles. The molecule has 2 aromatic carbocycles. The van der Waals surface area contributed by atoms with Crippen molar-refractivity contribution in [1.29, 1.82) is 0 Å². The summed E-state index contributed by atoms with van der Waals surface area (Å²) in [7, 11) is 0. The maximum absolute atomic E-state index is 4.24. The molecule has 0 amide bonds. The van der Waals surface area contributed by atoms with Gasteiger partial charge in [-0.25, -0.2) is 4.68 Å². The average Bonchev–Trinajstić information content (AvgIpc) is 2.95. The van der Waals surface area contributed by atoms with Crippen LogP contribution in [0.15, 0.2) is 48.7 Å². The van der Waals surface area contributed by atoms with E-state index in [9.17, 15) is 0 Å². The van der Waals surface area contributed by atoms with Gasteiger partial charge in [-0.05, 0) is 17.9 Å². The number of nitrogens with zero attached hydrogens (tertiary/aromatic N) is 3. The molecule has 3 aromatic rings. The molecule has 0 saturated carbocycles. The van der Waals surface area contributed by atoms with Crippen LogP contribution in [0.3, 0.4) is 0 Å². The van der Waals surface area contributed by atoms with Gasteiger partial charge < -0.3 is 0 Å². The van der Waals surface area contributed by atoms with Gasteiger partial charge in [0.2, 0.25) is 0 Å². The minimum atomic E-state index is 0.260. The van der Waals surface area contributed by atoms with Crippen LogP contribution in [0.5, 0.6) is 0 Å². The molecule has 0 aliphatic heterocycles. The molecule has 0 bridgehead atoms. The number of fused-ring (bicyclic) bond motifs is 1. The zero-order valence-corrected chi connectivity index (χ0v) is 12.2. The van der Waals surface area contributed by atoms with Gasteiger partial charge in [-0.1, -0.05) is 64.5 Å². The Kier molecular flexibility index (Phi) is 3.34. The van der Waals surface area contributed by atoms with E-state index in [-0.39, 0.29) is 4.83 Å². The Morgan fingerprint density at radius 2 is 1.95 bits per heavy atom. The number of alkyl halides is 1. The number of hydrogen-bond donors (Lipinski definition) is 0. The first kappa shape index (κ1) is 12.4. The van der Waals surface area contributed by atoms with Gasteiger partial charge in [0.1, 0.15) is 0 Å². The second kappa shape index (κ2) is 5.13. The van der Waals surface area contributed by atoms with Gasteiger partial charge in [-0.3, -0.25) is 0 Å². The number of benzene rings is 2. The van der Waals surface area contributed by atoms with Crippen molar-refractivity contribution in [3.05, 3.63) is 54.4 Å². The Hall–Kier alpha value is -1.68. The fourth-order valence-corrected chi connectivity index (χ4v) is 2.37. The molecule has 1 unspecified atom stereocenters. The molecule has 0 aliphatic carbocycles. The lowest BCUT2D eigenvalue weighted by molar-refractivity contribution is 0.794. The zero-order chi connectivity index (χ0) is 13.2. The average molecular weight is 316 g/mol. The molecule has 19 heavy (non-hydrogen) atoms. The first-order valence-electron chi connectivity index (χ1n) is 6.34. The van der Waals surface area contributed by atoms with E-state index in [1.807, 2.05) is 29.1 Å². The lowest BCUT2D eigenvalue weighted by Crippen LogP contribution is -1.95.